The van der Waals surface area contributed by atoms with Crippen LogP contribution in [-0.2, 0) is 5.41 Å². The molecule has 84 valence electrons. The van der Waals surface area contributed by atoms with Gasteiger partial charge in [-0.2, -0.15) is 0 Å². The van der Waals surface area contributed by atoms with Crippen LogP contribution in [0.3, 0.4) is 0 Å². The molecule has 0 fully saturated rings. The lowest BCUT2D eigenvalue weighted by Gasteiger charge is -2.23. The number of pyridine rings is 1. The minimum atomic E-state index is 0.0269. The Labute approximate surface area is 96.5 Å². The number of nitrogens with zero attached hydrogens (tertiary/aromatic N) is 1. The van der Waals surface area contributed by atoms with Crippen LogP contribution < -0.4 is 5.73 Å². The predicted octanol–water partition coefficient (Wildman–Crippen LogP) is 2.78. The molecular formula is C14H18N2. The van der Waals surface area contributed by atoms with E-state index < -0.39 is 0 Å². The molecule has 2 rings (SSSR count). The van der Waals surface area contributed by atoms with Crippen molar-refractivity contribution in [3.05, 3.63) is 41.6 Å². The average molecular weight is 214 g/mol. The van der Waals surface area contributed by atoms with Gasteiger partial charge in [0.25, 0.3) is 0 Å². The first kappa shape index (κ1) is 11.1. The number of benzene rings is 1. The molecule has 16 heavy (non-hydrogen) atoms. The summed E-state index contributed by atoms with van der Waals surface area (Å²) in [5, 5.41) is 1.18. The molecule has 0 aliphatic rings. The van der Waals surface area contributed by atoms with Gasteiger partial charge in [-0.05, 0) is 30.7 Å². The number of fused-ring (bicyclic) bond motifs is 1. The van der Waals surface area contributed by atoms with Gasteiger partial charge in [0.15, 0.2) is 0 Å². The van der Waals surface area contributed by atoms with E-state index in [9.17, 15) is 0 Å². The van der Waals surface area contributed by atoms with E-state index in [1.165, 1.54) is 10.9 Å². The highest BCUT2D eigenvalue weighted by molar-refractivity contribution is 5.79. The summed E-state index contributed by atoms with van der Waals surface area (Å²) in [5.41, 5.74) is 9.20. The lowest BCUT2D eigenvalue weighted by atomic mass is 9.84. The van der Waals surface area contributed by atoms with Gasteiger partial charge in [-0.25, -0.2) is 0 Å². The van der Waals surface area contributed by atoms with Gasteiger partial charge < -0.3 is 5.73 Å². The summed E-state index contributed by atoms with van der Waals surface area (Å²) in [7, 11) is 0. The monoisotopic (exact) mass is 214 g/mol. The van der Waals surface area contributed by atoms with Gasteiger partial charge in [0.2, 0.25) is 0 Å². The van der Waals surface area contributed by atoms with Crippen molar-refractivity contribution in [1.82, 2.24) is 4.98 Å². The Balaban J connectivity index is 2.57. The topological polar surface area (TPSA) is 38.9 Å². The SMILES string of the molecule is Cc1ccc2cc(C(C)(C)CN)ccc2n1. The second kappa shape index (κ2) is 3.87. The maximum Gasteiger partial charge on any atom is 0.0705 e. The zero-order chi connectivity index (χ0) is 11.8. The van der Waals surface area contributed by atoms with E-state index in [-0.39, 0.29) is 5.41 Å². The summed E-state index contributed by atoms with van der Waals surface area (Å²) >= 11 is 0. The van der Waals surface area contributed by atoms with E-state index in [1.54, 1.807) is 0 Å². The summed E-state index contributed by atoms with van der Waals surface area (Å²) in [5.74, 6) is 0. The molecule has 0 atom stereocenters. The molecule has 2 heteroatoms. The second-order valence-corrected chi connectivity index (χ2v) is 4.95. The third-order valence-corrected chi connectivity index (χ3v) is 3.12. The quantitative estimate of drug-likeness (QED) is 0.835. The zero-order valence-corrected chi connectivity index (χ0v) is 10.1. The van der Waals surface area contributed by atoms with Crippen molar-refractivity contribution in [3.63, 3.8) is 0 Å². The second-order valence-electron chi connectivity index (χ2n) is 4.95. The molecule has 0 unspecified atom stereocenters. The largest absolute Gasteiger partial charge is 0.330 e. The Hall–Kier alpha value is -1.41. The molecule has 0 spiro atoms. The van der Waals surface area contributed by atoms with Crippen LogP contribution in [0.25, 0.3) is 10.9 Å². The number of nitrogens with two attached hydrogens (primary N) is 1. The van der Waals surface area contributed by atoms with E-state index in [0.29, 0.717) is 6.54 Å². The Bertz CT molecular complexity index is 515. The molecule has 0 amide bonds. The maximum absolute atomic E-state index is 5.79. The Morgan fingerprint density at radius 3 is 2.62 bits per heavy atom. The van der Waals surface area contributed by atoms with Crippen LogP contribution in [0, 0.1) is 6.92 Å². The molecule has 2 nitrogen and oxygen atoms in total. The van der Waals surface area contributed by atoms with Crippen LogP contribution in [0.2, 0.25) is 0 Å². The van der Waals surface area contributed by atoms with Gasteiger partial charge in [0.05, 0.1) is 5.52 Å². The van der Waals surface area contributed by atoms with Gasteiger partial charge in [-0.3, -0.25) is 4.98 Å². The highest BCUT2D eigenvalue weighted by Crippen LogP contribution is 2.25. The first-order valence-electron chi connectivity index (χ1n) is 5.61. The van der Waals surface area contributed by atoms with E-state index >= 15 is 0 Å². The van der Waals surface area contributed by atoms with E-state index in [0.717, 1.165) is 11.2 Å². The third kappa shape index (κ3) is 1.93. The molecular weight excluding hydrogens is 196 g/mol. The molecule has 1 aromatic heterocycles. The molecule has 2 N–H and O–H groups in total. The lowest BCUT2D eigenvalue weighted by molar-refractivity contribution is 0.540. The van der Waals surface area contributed by atoms with Crippen molar-refractivity contribution >= 4 is 10.9 Å². The normalized spacial score (nSPS) is 12.0. The van der Waals surface area contributed by atoms with Gasteiger partial charge in [-0.1, -0.05) is 26.0 Å². The smallest absolute Gasteiger partial charge is 0.0705 e. The van der Waals surface area contributed by atoms with Gasteiger partial charge in [0, 0.05) is 23.0 Å². The van der Waals surface area contributed by atoms with Crippen molar-refractivity contribution in [2.75, 3.05) is 6.54 Å². The molecule has 0 bridgehead atoms. The number of hydrogen-bond donors (Lipinski definition) is 1. The summed E-state index contributed by atoms with van der Waals surface area (Å²) < 4.78 is 0. The highest BCUT2D eigenvalue weighted by Gasteiger charge is 2.18. The molecule has 0 radical (unpaired) electrons. The molecule has 1 heterocycles. The fourth-order valence-electron chi connectivity index (χ4n) is 1.77. The van der Waals surface area contributed by atoms with E-state index in [2.05, 4.69) is 43.1 Å². The van der Waals surface area contributed by atoms with E-state index in [4.69, 9.17) is 5.73 Å². The van der Waals surface area contributed by atoms with Crippen molar-refractivity contribution < 1.29 is 0 Å². The van der Waals surface area contributed by atoms with Gasteiger partial charge in [-0.15, -0.1) is 0 Å². The van der Waals surface area contributed by atoms with Crippen LogP contribution >= 0.6 is 0 Å². The summed E-state index contributed by atoms with van der Waals surface area (Å²) in [4.78, 5) is 4.49. The molecule has 2 aromatic rings. The molecule has 0 saturated carbocycles. The molecule has 0 aliphatic heterocycles. The van der Waals surface area contributed by atoms with Crippen molar-refractivity contribution in [3.8, 4) is 0 Å². The minimum Gasteiger partial charge on any atom is -0.330 e. The number of rotatable bonds is 2. The van der Waals surface area contributed by atoms with Crippen molar-refractivity contribution in [1.29, 1.82) is 0 Å². The van der Waals surface area contributed by atoms with Crippen LogP contribution in [0.1, 0.15) is 25.1 Å². The lowest BCUT2D eigenvalue weighted by Crippen LogP contribution is -2.27. The summed E-state index contributed by atoms with van der Waals surface area (Å²) in [6.07, 6.45) is 0. The highest BCUT2D eigenvalue weighted by atomic mass is 14.7. The van der Waals surface area contributed by atoms with Crippen molar-refractivity contribution in [2.24, 2.45) is 5.73 Å². The molecule has 0 saturated heterocycles. The third-order valence-electron chi connectivity index (χ3n) is 3.12. The zero-order valence-electron chi connectivity index (χ0n) is 10.1. The standard InChI is InChI=1S/C14H18N2/c1-10-4-5-11-8-12(14(2,3)9-15)6-7-13(11)16-10/h4-8H,9,15H2,1-3H3. The first-order valence-corrected chi connectivity index (χ1v) is 5.61. The minimum absolute atomic E-state index is 0.0269. The van der Waals surface area contributed by atoms with Crippen LogP contribution in [0.4, 0.5) is 0 Å². The maximum atomic E-state index is 5.79. The Kier molecular flexibility index (Phi) is 2.68. The number of aromatic nitrogens is 1. The summed E-state index contributed by atoms with van der Waals surface area (Å²) in [6.45, 7) is 6.99. The molecule has 0 aliphatic carbocycles. The Morgan fingerprint density at radius 1 is 1.19 bits per heavy atom. The molecule has 1 aromatic carbocycles. The number of hydrogen-bond acceptors (Lipinski definition) is 2. The number of aryl methyl sites for hydroxylation is 1. The van der Waals surface area contributed by atoms with Crippen LogP contribution in [-0.4, -0.2) is 11.5 Å². The van der Waals surface area contributed by atoms with Gasteiger partial charge >= 0.3 is 0 Å². The summed E-state index contributed by atoms with van der Waals surface area (Å²) in [6, 6.07) is 10.6. The van der Waals surface area contributed by atoms with Crippen LogP contribution in [0.5, 0.6) is 0 Å². The first-order chi connectivity index (χ1) is 7.53. The van der Waals surface area contributed by atoms with E-state index in [1.807, 2.05) is 13.0 Å². The van der Waals surface area contributed by atoms with Gasteiger partial charge in [0.1, 0.15) is 0 Å². The predicted molar refractivity (Wildman–Crippen MR) is 68.6 cm³/mol. The van der Waals surface area contributed by atoms with Crippen molar-refractivity contribution in [2.45, 2.75) is 26.2 Å². The average Bonchev–Trinajstić information content (AvgIpc) is 2.28. The fraction of sp³-hybridized carbons (Fsp3) is 0.357. The fourth-order valence-corrected chi connectivity index (χ4v) is 1.77. The Morgan fingerprint density at radius 2 is 1.94 bits per heavy atom. The van der Waals surface area contributed by atoms with Crippen LogP contribution in [0.15, 0.2) is 30.3 Å².